The highest BCUT2D eigenvalue weighted by atomic mass is 16.4. The van der Waals surface area contributed by atoms with Crippen molar-refractivity contribution >= 4 is 23.6 Å². The van der Waals surface area contributed by atoms with Crippen LogP contribution in [-0.4, -0.2) is 47.5 Å². The maximum absolute atomic E-state index is 12.2. The van der Waals surface area contributed by atoms with Gasteiger partial charge in [-0.15, -0.1) is 0 Å². The molecule has 0 unspecified atom stereocenters. The SMILES string of the molecule is CCN(C)C(=O)c1cccc(NC(=O)NC2CCC(C(=O)O)CC2)c1. The van der Waals surface area contributed by atoms with Crippen LogP contribution < -0.4 is 10.6 Å². The minimum Gasteiger partial charge on any atom is -0.481 e. The fourth-order valence-electron chi connectivity index (χ4n) is 2.93. The maximum Gasteiger partial charge on any atom is 0.319 e. The van der Waals surface area contributed by atoms with Crippen molar-refractivity contribution in [1.82, 2.24) is 10.2 Å². The Morgan fingerprint density at radius 1 is 1.20 bits per heavy atom. The standard InChI is InChI=1S/C18H25N3O4/c1-3-21(2)16(22)13-5-4-6-15(11-13)20-18(25)19-14-9-7-12(8-10-14)17(23)24/h4-6,11-12,14H,3,7-10H2,1-2H3,(H,23,24)(H2,19,20,25). The van der Waals surface area contributed by atoms with E-state index in [1.54, 1.807) is 36.2 Å². The van der Waals surface area contributed by atoms with Gasteiger partial charge in [0.2, 0.25) is 0 Å². The molecule has 1 aromatic carbocycles. The summed E-state index contributed by atoms with van der Waals surface area (Å²) in [6.45, 7) is 2.50. The third kappa shape index (κ3) is 5.20. The Morgan fingerprint density at radius 3 is 2.48 bits per heavy atom. The Morgan fingerprint density at radius 2 is 1.88 bits per heavy atom. The Bertz CT molecular complexity index is 639. The monoisotopic (exact) mass is 347 g/mol. The van der Waals surface area contributed by atoms with Gasteiger partial charge in [0.15, 0.2) is 0 Å². The molecule has 3 amide bonds. The van der Waals surface area contributed by atoms with Crippen molar-refractivity contribution in [1.29, 1.82) is 0 Å². The van der Waals surface area contributed by atoms with Gasteiger partial charge in [-0.2, -0.15) is 0 Å². The minimum absolute atomic E-state index is 0.0216. The van der Waals surface area contributed by atoms with Crippen LogP contribution in [0.1, 0.15) is 43.0 Å². The van der Waals surface area contributed by atoms with Crippen LogP contribution in [-0.2, 0) is 4.79 Å². The molecule has 1 aliphatic carbocycles. The van der Waals surface area contributed by atoms with Crippen LogP contribution >= 0.6 is 0 Å². The lowest BCUT2D eigenvalue weighted by Crippen LogP contribution is -2.41. The van der Waals surface area contributed by atoms with E-state index in [1.165, 1.54) is 0 Å². The summed E-state index contributed by atoms with van der Waals surface area (Å²) < 4.78 is 0. The van der Waals surface area contributed by atoms with Gasteiger partial charge < -0.3 is 20.6 Å². The molecule has 7 nitrogen and oxygen atoms in total. The third-order valence-corrected chi connectivity index (χ3v) is 4.60. The molecule has 0 aliphatic heterocycles. The van der Waals surface area contributed by atoms with E-state index in [0.29, 0.717) is 43.5 Å². The van der Waals surface area contributed by atoms with Crippen LogP contribution in [0.4, 0.5) is 10.5 Å². The zero-order valence-corrected chi connectivity index (χ0v) is 14.6. The number of aliphatic carboxylic acids is 1. The molecule has 0 radical (unpaired) electrons. The van der Waals surface area contributed by atoms with Crippen LogP contribution in [0.5, 0.6) is 0 Å². The lowest BCUT2D eigenvalue weighted by molar-refractivity contribution is -0.142. The Hall–Kier alpha value is -2.57. The van der Waals surface area contributed by atoms with Gasteiger partial charge >= 0.3 is 12.0 Å². The van der Waals surface area contributed by atoms with E-state index in [0.717, 1.165) is 0 Å². The molecule has 0 saturated heterocycles. The number of carboxylic acids is 1. The van der Waals surface area contributed by atoms with E-state index in [9.17, 15) is 14.4 Å². The zero-order chi connectivity index (χ0) is 18.4. The summed E-state index contributed by atoms with van der Waals surface area (Å²) in [5.41, 5.74) is 1.07. The number of nitrogens with one attached hydrogen (secondary N) is 2. The van der Waals surface area contributed by atoms with E-state index in [4.69, 9.17) is 5.11 Å². The maximum atomic E-state index is 12.2. The van der Waals surface area contributed by atoms with Gasteiger partial charge in [0, 0.05) is 30.9 Å². The number of hydrogen-bond acceptors (Lipinski definition) is 3. The van der Waals surface area contributed by atoms with Gasteiger partial charge in [-0.05, 0) is 50.8 Å². The smallest absolute Gasteiger partial charge is 0.319 e. The van der Waals surface area contributed by atoms with Crippen LogP contribution in [0, 0.1) is 5.92 Å². The predicted octanol–water partition coefficient (Wildman–Crippen LogP) is 2.54. The van der Waals surface area contributed by atoms with Crippen molar-refractivity contribution in [3.8, 4) is 0 Å². The largest absolute Gasteiger partial charge is 0.481 e. The number of carbonyl (C=O) groups is 3. The molecule has 1 saturated carbocycles. The number of nitrogens with zero attached hydrogens (tertiary/aromatic N) is 1. The first kappa shape index (κ1) is 18.8. The average Bonchev–Trinajstić information content (AvgIpc) is 2.61. The number of benzene rings is 1. The summed E-state index contributed by atoms with van der Waals surface area (Å²) in [5, 5.41) is 14.6. The molecule has 1 aromatic rings. The molecule has 3 N–H and O–H groups in total. The Labute approximate surface area is 147 Å². The second kappa shape index (κ2) is 8.50. The lowest BCUT2D eigenvalue weighted by atomic mass is 9.86. The van der Waals surface area contributed by atoms with Crippen molar-refractivity contribution in [2.45, 2.75) is 38.6 Å². The van der Waals surface area contributed by atoms with Crippen molar-refractivity contribution in [3.63, 3.8) is 0 Å². The molecule has 136 valence electrons. The van der Waals surface area contributed by atoms with Crippen LogP contribution in [0.15, 0.2) is 24.3 Å². The third-order valence-electron chi connectivity index (χ3n) is 4.60. The first-order chi connectivity index (χ1) is 11.9. The lowest BCUT2D eigenvalue weighted by Gasteiger charge is -2.26. The number of urea groups is 1. The number of carboxylic acid groups (broad SMARTS) is 1. The Kier molecular flexibility index (Phi) is 6.38. The van der Waals surface area contributed by atoms with Crippen LogP contribution in [0.25, 0.3) is 0 Å². The number of carbonyl (C=O) groups excluding carboxylic acids is 2. The van der Waals surface area contributed by atoms with E-state index in [2.05, 4.69) is 10.6 Å². The second-order valence-electron chi connectivity index (χ2n) is 6.39. The fourth-order valence-corrected chi connectivity index (χ4v) is 2.93. The summed E-state index contributed by atoms with van der Waals surface area (Å²) in [6.07, 6.45) is 2.47. The van der Waals surface area contributed by atoms with Crippen molar-refractivity contribution < 1.29 is 19.5 Å². The molecule has 7 heteroatoms. The summed E-state index contributed by atoms with van der Waals surface area (Å²) in [4.78, 5) is 36.8. The van der Waals surface area contributed by atoms with Gasteiger partial charge in [-0.25, -0.2) is 4.79 Å². The molecule has 0 atom stereocenters. The van der Waals surface area contributed by atoms with Gasteiger partial charge in [0.1, 0.15) is 0 Å². The molecular weight excluding hydrogens is 322 g/mol. The highest BCUT2D eigenvalue weighted by Gasteiger charge is 2.26. The van der Waals surface area contributed by atoms with E-state index in [-0.39, 0.29) is 23.9 Å². The van der Waals surface area contributed by atoms with Gasteiger partial charge in [0.05, 0.1) is 5.92 Å². The van der Waals surface area contributed by atoms with Crippen molar-refractivity contribution in [2.24, 2.45) is 5.92 Å². The predicted molar refractivity (Wildman–Crippen MR) is 94.6 cm³/mol. The van der Waals surface area contributed by atoms with Gasteiger partial charge in [-0.3, -0.25) is 9.59 Å². The molecule has 0 aromatic heterocycles. The highest BCUT2D eigenvalue weighted by molar-refractivity contribution is 5.96. The first-order valence-corrected chi connectivity index (χ1v) is 8.56. The number of amides is 3. The quantitative estimate of drug-likeness (QED) is 0.762. The highest BCUT2D eigenvalue weighted by Crippen LogP contribution is 2.24. The normalized spacial score (nSPS) is 19.8. The molecule has 2 rings (SSSR count). The van der Waals surface area contributed by atoms with E-state index in [1.807, 2.05) is 6.92 Å². The molecule has 0 spiro atoms. The average molecular weight is 347 g/mol. The fraction of sp³-hybridized carbons (Fsp3) is 0.500. The van der Waals surface area contributed by atoms with E-state index < -0.39 is 5.97 Å². The van der Waals surface area contributed by atoms with Gasteiger partial charge in [-0.1, -0.05) is 6.07 Å². The first-order valence-electron chi connectivity index (χ1n) is 8.56. The van der Waals surface area contributed by atoms with Crippen molar-refractivity contribution in [3.05, 3.63) is 29.8 Å². The summed E-state index contributed by atoms with van der Waals surface area (Å²) in [5.74, 6) is -1.17. The number of rotatable bonds is 5. The molecule has 0 heterocycles. The van der Waals surface area contributed by atoms with Crippen LogP contribution in [0.2, 0.25) is 0 Å². The topological polar surface area (TPSA) is 98.7 Å². The zero-order valence-electron chi connectivity index (χ0n) is 14.6. The van der Waals surface area contributed by atoms with Gasteiger partial charge in [0.25, 0.3) is 5.91 Å². The Balaban J connectivity index is 1.89. The molecule has 1 aliphatic rings. The minimum atomic E-state index is -0.763. The van der Waals surface area contributed by atoms with E-state index >= 15 is 0 Å². The summed E-state index contributed by atoms with van der Waals surface area (Å²) >= 11 is 0. The molecule has 25 heavy (non-hydrogen) atoms. The van der Waals surface area contributed by atoms with Crippen molar-refractivity contribution in [2.75, 3.05) is 18.9 Å². The number of anilines is 1. The summed E-state index contributed by atoms with van der Waals surface area (Å²) in [7, 11) is 1.72. The molecule has 1 fully saturated rings. The molecular formula is C18H25N3O4. The van der Waals surface area contributed by atoms with Crippen LogP contribution in [0.3, 0.4) is 0 Å². The molecule has 0 bridgehead atoms. The summed E-state index contributed by atoms with van der Waals surface area (Å²) in [6, 6.07) is 6.45. The second-order valence-corrected chi connectivity index (χ2v) is 6.39. The number of hydrogen-bond donors (Lipinski definition) is 3.